The van der Waals surface area contributed by atoms with Gasteiger partial charge in [-0.15, -0.1) is 0 Å². The monoisotopic (exact) mass is 306 g/mol. The average molecular weight is 306 g/mol. The van der Waals surface area contributed by atoms with Crippen molar-refractivity contribution in [2.75, 3.05) is 6.54 Å². The third kappa shape index (κ3) is 5.85. The van der Waals surface area contributed by atoms with E-state index in [4.69, 9.17) is 0 Å². The number of benzene rings is 1. The molecule has 0 saturated heterocycles. The van der Waals surface area contributed by atoms with Crippen LogP contribution in [0.2, 0.25) is 0 Å². The first-order valence-corrected chi connectivity index (χ1v) is 7.64. The maximum absolute atomic E-state index is 12.3. The van der Waals surface area contributed by atoms with Crippen molar-refractivity contribution in [3.05, 3.63) is 35.4 Å². The Kier molecular flexibility index (Phi) is 7.05. The first-order chi connectivity index (χ1) is 10.3. The summed E-state index contributed by atoms with van der Waals surface area (Å²) in [6.07, 6.45) is 0.0298. The van der Waals surface area contributed by atoms with E-state index >= 15 is 0 Å². The molecule has 5 heteroatoms. The van der Waals surface area contributed by atoms with Crippen molar-refractivity contribution < 1.29 is 14.7 Å². The Morgan fingerprint density at radius 2 is 1.91 bits per heavy atom. The molecule has 3 N–H and O–H groups in total. The largest absolute Gasteiger partial charge is 0.393 e. The molecule has 0 saturated carbocycles. The summed E-state index contributed by atoms with van der Waals surface area (Å²) in [5.41, 5.74) is 1.54. The summed E-state index contributed by atoms with van der Waals surface area (Å²) in [4.78, 5) is 24.5. The van der Waals surface area contributed by atoms with E-state index in [1.165, 1.54) is 0 Å². The third-order valence-electron chi connectivity index (χ3n) is 3.38. The smallest absolute Gasteiger partial charge is 0.251 e. The Balaban J connectivity index is 2.67. The molecule has 0 bridgehead atoms. The van der Waals surface area contributed by atoms with Gasteiger partial charge in [0.05, 0.1) is 6.10 Å². The number of amides is 2. The SMILES string of the molecule is Cc1cccc(C(=O)NC(C(=O)NCCC(C)O)C(C)C)c1. The van der Waals surface area contributed by atoms with Crippen LogP contribution in [-0.4, -0.2) is 35.6 Å². The fraction of sp³-hybridized carbons (Fsp3) is 0.529. The van der Waals surface area contributed by atoms with Crippen LogP contribution in [-0.2, 0) is 4.79 Å². The molecule has 1 rings (SSSR count). The summed E-state index contributed by atoms with van der Waals surface area (Å²) in [5.74, 6) is -0.509. The minimum Gasteiger partial charge on any atom is -0.393 e. The Morgan fingerprint density at radius 3 is 2.45 bits per heavy atom. The van der Waals surface area contributed by atoms with Crippen molar-refractivity contribution in [2.24, 2.45) is 5.92 Å². The average Bonchev–Trinajstić information content (AvgIpc) is 2.43. The highest BCUT2D eigenvalue weighted by Gasteiger charge is 2.24. The highest BCUT2D eigenvalue weighted by Crippen LogP contribution is 2.07. The molecule has 0 aliphatic carbocycles. The number of aliphatic hydroxyl groups is 1. The van der Waals surface area contributed by atoms with Crippen LogP contribution in [0.25, 0.3) is 0 Å². The van der Waals surface area contributed by atoms with Crippen LogP contribution in [0.5, 0.6) is 0 Å². The molecule has 122 valence electrons. The lowest BCUT2D eigenvalue weighted by atomic mass is 10.0. The normalized spacial score (nSPS) is 13.5. The van der Waals surface area contributed by atoms with Crippen LogP contribution in [0.3, 0.4) is 0 Å². The van der Waals surface area contributed by atoms with Gasteiger partial charge in [0, 0.05) is 12.1 Å². The van der Waals surface area contributed by atoms with E-state index < -0.39 is 12.1 Å². The fourth-order valence-corrected chi connectivity index (χ4v) is 2.06. The van der Waals surface area contributed by atoms with Gasteiger partial charge in [-0.3, -0.25) is 9.59 Å². The van der Waals surface area contributed by atoms with Gasteiger partial charge >= 0.3 is 0 Å². The van der Waals surface area contributed by atoms with Crippen molar-refractivity contribution in [3.63, 3.8) is 0 Å². The van der Waals surface area contributed by atoms with Crippen LogP contribution < -0.4 is 10.6 Å². The number of carbonyl (C=O) groups is 2. The number of aryl methyl sites for hydroxylation is 1. The molecule has 0 heterocycles. The number of aliphatic hydroxyl groups excluding tert-OH is 1. The topological polar surface area (TPSA) is 78.4 Å². The second-order valence-corrected chi connectivity index (χ2v) is 5.99. The number of hydrogen-bond donors (Lipinski definition) is 3. The highest BCUT2D eigenvalue weighted by molar-refractivity contribution is 5.97. The lowest BCUT2D eigenvalue weighted by Gasteiger charge is -2.22. The van der Waals surface area contributed by atoms with E-state index in [1.807, 2.05) is 32.9 Å². The van der Waals surface area contributed by atoms with Gasteiger partial charge in [0.2, 0.25) is 5.91 Å². The molecule has 1 aromatic carbocycles. The van der Waals surface area contributed by atoms with E-state index in [2.05, 4.69) is 10.6 Å². The molecule has 5 nitrogen and oxygen atoms in total. The molecular weight excluding hydrogens is 280 g/mol. The van der Waals surface area contributed by atoms with E-state index in [9.17, 15) is 14.7 Å². The molecule has 0 fully saturated rings. The van der Waals surface area contributed by atoms with E-state index in [0.717, 1.165) is 5.56 Å². The van der Waals surface area contributed by atoms with Gasteiger partial charge in [0.15, 0.2) is 0 Å². The van der Waals surface area contributed by atoms with E-state index in [1.54, 1.807) is 19.1 Å². The van der Waals surface area contributed by atoms with Crippen molar-refractivity contribution in [1.82, 2.24) is 10.6 Å². The summed E-state index contributed by atoms with van der Waals surface area (Å²) in [6, 6.07) is 6.65. The number of nitrogens with one attached hydrogen (secondary N) is 2. The summed E-state index contributed by atoms with van der Waals surface area (Å²) in [5, 5.41) is 14.7. The summed E-state index contributed by atoms with van der Waals surface area (Å²) >= 11 is 0. The Morgan fingerprint density at radius 1 is 1.23 bits per heavy atom. The van der Waals surface area contributed by atoms with E-state index in [-0.39, 0.29) is 17.7 Å². The zero-order chi connectivity index (χ0) is 16.7. The predicted molar refractivity (Wildman–Crippen MR) is 86.6 cm³/mol. The predicted octanol–water partition coefficient (Wildman–Crippen LogP) is 1.64. The maximum atomic E-state index is 12.3. The molecule has 0 aliphatic rings. The minimum atomic E-state index is -0.595. The molecule has 0 aromatic heterocycles. The molecule has 22 heavy (non-hydrogen) atoms. The molecule has 2 amide bonds. The molecule has 1 aromatic rings. The molecule has 2 atom stereocenters. The Bertz CT molecular complexity index is 512. The minimum absolute atomic E-state index is 0.0275. The molecule has 2 unspecified atom stereocenters. The first-order valence-electron chi connectivity index (χ1n) is 7.64. The molecule has 0 aliphatic heterocycles. The second kappa shape index (κ2) is 8.54. The van der Waals surface area contributed by atoms with Gasteiger partial charge in [0.1, 0.15) is 6.04 Å². The van der Waals surface area contributed by atoms with Gasteiger partial charge in [-0.1, -0.05) is 31.5 Å². The second-order valence-electron chi connectivity index (χ2n) is 5.99. The number of hydrogen-bond acceptors (Lipinski definition) is 3. The standard InChI is InChI=1S/C17H26N2O3/c1-11(2)15(17(22)18-9-8-13(4)20)19-16(21)14-7-5-6-12(3)10-14/h5-7,10-11,13,15,20H,8-9H2,1-4H3,(H,18,22)(H,19,21). The van der Waals surface area contributed by atoms with Crippen LogP contribution in [0.15, 0.2) is 24.3 Å². The van der Waals surface area contributed by atoms with Crippen molar-refractivity contribution in [3.8, 4) is 0 Å². The van der Waals surface area contributed by atoms with Crippen LogP contribution in [0.1, 0.15) is 43.1 Å². The van der Waals surface area contributed by atoms with Crippen LogP contribution >= 0.6 is 0 Å². The van der Waals surface area contributed by atoms with E-state index in [0.29, 0.717) is 18.5 Å². The van der Waals surface area contributed by atoms with Gasteiger partial charge in [0.25, 0.3) is 5.91 Å². The van der Waals surface area contributed by atoms with Crippen LogP contribution in [0.4, 0.5) is 0 Å². The lowest BCUT2D eigenvalue weighted by Crippen LogP contribution is -2.50. The molecular formula is C17H26N2O3. The zero-order valence-electron chi connectivity index (χ0n) is 13.7. The third-order valence-corrected chi connectivity index (χ3v) is 3.38. The van der Waals surface area contributed by atoms with Gasteiger partial charge < -0.3 is 15.7 Å². The van der Waals surface area contributed by atoms with Crippen LogP contribution in [0, 0.1) is 12.8 Å². The van der Waals surface area contributed by atoms with Crippen molar-refractivity contribution in [1.29, 1.82) is 0 Å². The first kappa shape index (κ1) is 18.2. The Labute approximate surface area is 132 Å². The van der Waals surface area contributed by atoms with Gasteiger partial charge in [-0.05, 0) is 38.3 Å². The highest BCUT2D eigenvalue weighted by atomic mass is 16.3. The van der Waals surface area contributed by atoms with Gasteiger partial charge in [-0.2, -0.15) is 0 Å². The molecule has 0 radical (unpaired) electrons. The fourth-order valence-electron chi connectivity index (χ4n) is 2.06. The zero-order valence-corrected chi connectivity index (χ0v) is 13.7. The summed E-state index contributed by atoms with van der Waals surface area (Å²) in [6.45, 7) is 7.75. The summed E-state index contributed by atoms with van der Waals surface area (Å²) in [7, 11) is 0. The number of rotatable bonds is 7. The van der Waals surface area contributed by atoms with Crippen molar-refractivity contribution >= 4 is 11.8 Å². The summed E-state index contributed by atoms with van der Waals surface area (Å²) < 4.78 is 0. The molecule has 0 spiro atoms. The Hall–Kier alpha value is -1.88. The quantitative estimate of drug-likeness (QED) is 0.716. The van der Waals surface area contributed by atoms with Crippen molar-refractivity contribution in [2.45, 2.75) is 46.3 Å². The van der Waals surface area contributed by atoms with Gasteiger partial charge in [-0.25, -0.2) is 0 Å². The lowest BCUT2D eigenvalue weighted by molar-refractivity contribution is -0.124. The number of carbonyl (C=O) groups excluding carboxylic acids is 2. The maximum Gasteiger partial charge on any atom is 0.251 e.